The Bertz CT molecular complexity index is 571. The molecule has 0 saturated carbocycles. The molecule has 1 aromatic carbocycles. The highest BCUT2D eigenvalue weighted by Crippen LogP contribution is 2.34. The summed E-state index contributed by atoms with van der Waals surface area (Å²) >= 11 is 0. The minimum atomic E-state index is -4.70. The number of aliphatic imine (C=N–C) groups is 1. The molecule has 2 rings (SSSR count). The number of rotatable bonds is 3. The van der Waals surface area contributed by atoms with Gasteiger partial charge in [-0.25, -0.2) is 14.2 Å². The number of alkyl halides is 3. The van der Waals surface area contributed by atoms with Crippen LogP contribution in [0, 0.1) is 5.82 Å². The summed E-state index contributed by atoms with van der Waals surface area (Å²) in [6.07, 6.45) is -4.89. The van der Waals surface area contributed by atoms with Crippen LogP contribution in [-0.4, -0.2) is 25.0 Å². The van der Waals surface area contributed by atoms with Crippen LogP contribution in [0.25, 0.3) is 0 Å². The van der Waals surface area contributed by atoms with Gasteiger partial charge in [0, 0.05) is 0 Å². The molecule has 0 aliphatic carbocycles. The molecule has 114 valence electrons. The zero-order valence-electron chi connectivity index (χ0n) is 10.9. The topological polar surface area (TPSA) is 47.9 Å². The van der Waals surface area contributed by atoms with Crippen molar-refractivity contribution < 1.29 is 31.8 Å². The number of hydrogen-bond acceptors (Lipinski definition) is 4. The monoisotopic (exact) mass is 305 g/mol. The van der Waals surface area contributed by atoms with Crippen molar-refractivity contribution in [1.29, 1.82) is 0 Å². The lowest BCUT2D eigenvalue weighted by Gasteiger charge is -2.18. The van der Waals surface area contributed by atoms with Gasteiger partial charge in [0.2, 0.25) is 0 Å². The molecule has 1 aliphatic heterocycles. The molecule has 0 saturated heterocycles. The summed E-state index contributed by atoms with van der Waals surface area (Å²) in [6, 6.07) is 0.835. The van der Waals surface area contributed by atoms with Crippen molar-refractivity contribution >= 4 is 12.4 Å². The average Bonchev–Trinajstić information content (AvgIpc) is 2.86. The van der Waals surface area contributed by atoms with Gasteiger partial charge >= 0.3 is 12.1 Å². The van der Waals surface area contributed by atoms with Crippen molar-refractivity contribution in [2.24, 2.45) is 4.99 Å². The maximum atomic E-state index is 13.4. The van der Waals surface area contributed by atoms with E-state index in [0.29, 0.717) is 6.07 Å². The van der Waals surface area contributed by atoms with E-state index in [1.165, 1.54) is 0 Å². The second-order valence-corrected chi connectivity index (χ2v) is 4.28. The highest BCUT2D eigenvalue weighted by Gasteiger charge is 2.38. The predicted octanol–water partition coefficient (Wildman–Crippen LogP) is 2.88. The third-order valence-electron chi connectivity index (χ3n) is 2.82. The van der Waals surface area contributed by atoms with Crippen molar-refractivity contribution in [1.82, 2.24) is 0 Å². The maximum absolute atomic E-state index is 13.4. The minimum Gasteiger partial charge on any atom is -0.473 e. The Labute approximate surface area is 117 Å². The zero-order valence-corrected chi connectivity index (χ0v) is 10.9. The molecule has 2 unspecified atom stereocenters. The lowest BCUT2D eigenvalue weighted by atomic mass is 10.0. The molecule has 0 N–H and O–H groups in total. The van der Waals surface area contributed by atoms with Crippen LogP contribution in [0.1, 0.15) is 24.2 Å². The fourth-order valence-electron chi connectivity index (χ4n) is 1.93. The van der Waals surface area contributed by atoms with E-state index in [-0.39, 0.29) is 12.2 Å². The summed E-state index contributed by atoms with van der Waals surface area (Å²) in [5.74, 6) is -1.81. The van der Waals surface area contributed by atoms with E-state index in [1.54, 1.807) is 6.92 Å². The smallest absolute Gasteiger partial charge is 0.416 e. The molecule has 1 heterocycles. The summed E-state index contributed by atoms with van der Waals surface area (Å²) in [5.41, 5.74) is -1.28. The van der Waals surface area contributed by atoms with Gasteiger partial charge < -0.3 is 9.47 Å². The SMILES string of the molecule is CCOC(=O)C1N=COC1c1cc(F)cc(C(F)(F)F)c1. The fraction of sp³-hybridized carbons (Fsp3) is 0.385. The Morgan fingerprint density at radius 2 is 2.10 bits per heavy atom. The van der Waals surface area contributed by atoms with E-state index in [9.17, 15) is 22.4 Å². The minimum absolute atomic E-state index is 0.0918. The molecule has 8 heteroatoms. The quantitative estimate of drug-likeness (QED) is 0.637. The Hall–Kier alpha value is -2.12. The van der Waals surface area contributed by atoms with Crippen LogP contribution >= 0.6 is 0 Å². The molecular weight excluding hydrogens is 294 g/mol. The summed E-state index contributed by atoms with van der Waals surface area (Å²) in [4.78, 5) is 15.4. The van der Waals surface area contributed by atoms with E-state index < -0.39 is 35.7 Å². The standard InChI is InChI=1S/C13H11F4NO3/c1-2-20-12(19)10-11(21-6-18-10)7-3-8(13(15,16)17)5-9(14)4-7/h3-6,10-11H,2H2,1H3. The Morgan fingerprint density at radius 1 is 1.38 bits per heavy atom. The number of ether oxygens (including phenoxy) is 2. The molecule has 0 bridgehead atoms. The highest BCUT2D eigenvalue weighted by atomic mass is 19.4. The molecule has 2 atom stereocenters. The van der Waals surface area contributed by atoms with Crippen LogP contribution in [0.3, 0.4) is 0 Å². The van der Waals surface area contributed by atoms with E-state index in [0.717, 1.165) is 18.5 Å². The summed E-state index contributed by atoms with van der Waals surface area (Å²) < 4.78 is 61.2. The van der Waals surface area contributed by atoms with Crippen LogP contribution in [0.4, 0.5) is 17.6 Å². The molecular formula is C13H11F4NO3. The molecule has 0 radical (unpaired) electrons. The van der Waals surface area contributed by atoms with Crippen LogP contribution in [0.2, 0.25) is 0 Å². The van der Waals surface area contributed by atoms with Gasteiger partial charge in [-0.2, -0.15) is 13.2 Å². The van der Waals surface area contributed by atoms with Gasteiger partial charge in [-0.15, -0.1) is 0 Å². The number of carbonyl (C=O) groups excluding carboxylic acids is 1. The number of carbonyl (C=O) groups is 1. The van der Waals surface area contributed by atoms with Crippen LogP contribution in [0.15, 0.2) is 23.2 Å². The van der Waals surface area contributed by atoms with E-state index >= 15 is 0 Å². The molecule has 0 spiro atoms. The summed E-state index contributed by atoms with van der Waals surface area (Å²) in [7, 11) is 0. The lowest BCUT2D eigenvalue weighted by Crippen LogP contribution is -2.26. The van der Waals surface area contributed by atoms with Crippen molar-refractivity contribution in [3.05, 3.63) is 35.1 Å². The second-order valence-electron chi connectivity index (χ2n) is 4.28. The molecule has 0 aromatic heterocycles. The van der Waals surface area contributed by atoms with Gasteiger partial charge in [0.15, 0.2) is 18.5 Å². The first-order chi connectivity index (χ1) is 9.82. The molecule has 21 heavy (non-hydrogen) atoms. The van der Waals surface area contributed by atoms with Gasteiger partial charge in [0.05, 0.1) is 12.2 Å². The maximum Gasteiger partial charge on any atom is 0.416 e. The first kappa shape index (κ1) is 15.3. The van der Waals surface area contributed by atoms with Crippen molar-refractivity contribution in [3.8, 4) is 0 Å². The Morgan fingerprint density at radius 3 is 2.71 bits per heavy atom. The van der Waals surface area contributed by atoms with E-state index in [2.05, 4.69) is 4.99 Å². The second kappa shape index (κ2) is 5.71. The molecule has 1 aromatic rings. The largest absolute Gasteiger partial charge is 0.473 e. The van der Waals surface area contributed by atoms with E-state index in [1.807, 2.05) is 0 Å². The average molecular weight is 305 g/mol. The highest BCUT2D eigenvalue weighted by molar-refractivity contribution is 5.80. The third kappa shape index (κ3) is 3.32. The van der Waals surface area contributed by atoms with Crippen molar-refractivity contribution in [2.45, 2.75) is 25.2 Å². The first-order valence-electron chi connectivity index (χ1n) is 6.04. The predicted molar refractivity (Wildman–Crippen MR) is 64.1 cm³/mol. The van der Waals surface area contributed by atoms with Crippen molar-refractivity contribution in [3.63, 3.8) is 0 Å². The number of esters is 1. The number of benzene rings is 1. The summed E-state index contributed by atoms with van der Waals surface area (Å²) in [6.45, 7) is 1.67. The number of nitrogens with zero attached hydrogens (tertiary/aromatic N) is 1. The van der Waals surface area contributed by atoms with Gasteiger partial charge in [-0.3, -0.25) is 0 Å². The molecule has 0 amide bonds. The number of hydrogen-bond donors (Lipinski definition) is 0. The Balaban J connectivity index is 2.33. The first-order valence-corrected chi connectivity index (χ1v) is 6.04. The van der Waals surface area contributed by atoms with Crippen molar-refractivity contribution in [2.75, 3.05) is 6.61 Å². The molecule has 4 nitrogen and oxygen atoms in total. The van der Waals surface area contributed by atoms with Crippen LogP contribution in [0.5, 0.6) is 0 Å². The fourth-order valence-corrected chi connectivity index (χ4v) is 1.93. The van der Waals surface area contributed by atoms with Crippen LogP contribution in [-0.2, 0) is 20.4 Å². The Kier molecular flexibility index (Phi) is 4.15. The molecule has 0 fully saturated rings. The van der Waals surface area contributed by atoms with Gasteiger partial charge in [0.1, 0.15) is 5.82 Å². The van der Waals surface area contributed by atoms with E-state index in [4.69, 9.17) is 9.47 Å². The number of halogens is 4. The lowest BCUT2D eigenvalue weighted by molar-refractivity contribution is -0.146. The third-order valence-corrected chi connectivity index (χ3v) is 2.82. The van der Waals surface area contributed by atoms with Crippen LogP contribution < -0.4 is 0 Å². The van der Waals surface area contributed by atoms with Gasteiger partial charge in [-0.1, -0.05) is 0 Å². The summed E-state index contributed by atoms with van der Waals surface area (Å²) in [5, 5.41) is 0. The molecule has 1 aliphatic rings. The van der Waals surface area contributed by atoms with Gasteiger partial charge in [-0.05, 0) is 30.7 Å². The van der Waals surface area contributed by atoms with Gasteiger partial charge in [0.25, 0.3) is 0 Å². The zero-order chi connectivity index (χ0) is 15.6. The normalized spacial score (nSPS) is 21.2.